The minimum absolute atomic E-state index is 0.0391. The first-order valence-corrected chi connectivity index (χ1v) is 12.5. The van der Waals surface area contributed by atoms with Crippen molar-refractivity contribution in [3.8, 4) is 5.75 Å². The first-order valence-electron chi connectivity index (χ1n) is 12.1. The van der Waals surface area contributed by atoms with E-state index < -0.39 is 29.3 Å². The van der Waals surface area contributed by atoms with Gasteiger partial charge in [0.1, 0.15) is 5.82 Å². The number of methoxy groups -OCH3 is 1. The number of rotatable bonds is 6. The zero-order valence-corrected chi connectivity index (χ0v) is 21.7. The molecule has 0 saturated heterocycles. The Morgan fingerprint density at radius 3 is 2.62 bits per heavy atom. The van der Waals surface area contributed by atoms with E-state index in [1.54, 1.807) is 24.3 Å². The number of furan rings is 1. The Hall–Kier alpha value is -4.56. The standard InChI is InChI=1S/C30H22ClFN2O5/c1-33-15-21(20-5-3-4-6-22(20)33)26-25(28(36)30(37)34(26)14-16-7-9-19(32)10-8-16)27(35)23-12-17-11-18(31)13-24(38-2)29(17)39-23/h3-13,15,26,36H,14H2,1-2H3. The minimum atomic E-state index is -0.931. The largest absolute Gasteiger partial charge is 0.503 e. The average Bonchev–Trinajstić information content (AvgIpc) is 3.58. The Labute approximate surface area is 227 Å². The topological polar surface area (TPSA) is 84.9 Å². The van der Waals surface area contributed by atoms with E-state index in [1.165, 1.54) is 30.2 Å². The summed E-state index contributed by atoms with van der Waals surface area (Å²) < 4.78 is 26.7. The lowest BCUT2D eigenvalue weighted by molar-refractivity contribution is -0.130. The molecule has 196 valence electrons. The van der Waals surface area contributed by atoms with Crippen LogP contribution >= 0.6 is 11.6 Å². The van der Waals surface area contributed by atoms with Crippen LogP contribution in [-0.2, 0) is 18.4 Å². The van der Waals surface area contributed by atoms with Crippen molar-refractivity contribution in [2.24, 2.45) is 7.05 Å². The van der Waals surface area contributed by atoms with Crippen molar-refractivity contribution in [1.29, 1.82) is 0 Å². The van der Waals surface area contributed by atoms with Gasteiger partial charge >= 0.3 is 0 Å². The highest BCUT2D eigenvalue weighted by Crippen LogP contribution is 2.44. The van der Waals surface area contributed by atoms with Crippen LogP contribution in [0.1, 0.15) is 27.7 Å². The molecule has 1 aliphatic rings. The molecular weight excluding hydrogens is 523 g/mol. The monoisotopic (exact) mass is 544 g/mol. The lowest BCUT2D eigenvalue weighted by atomic mass is 9.94. The third-order valence-corrected chi connectivity index (χ3v) is 7.25. The summed E-state index contributed by atoms with van der Waals surface area (Å²) in [6, 6.07) is 17.1. The molecule has 1 atom stereocenters. The second-order valence-electron chi connectivity index (χ2n) is 9.40. The number of aliphatic hydroxyl groups is 1. The summed E-state index contributed by atoms with van der Waals surface area (Å²) in [6.07, 6.45) is 1.84. The molecule has 2 aromatic heterocycles. The van der Waals surface area contributed by atoms with Crippen LogP contribution in [-0.4, -0.2) is 33.4 Å². The van der Waals surface area contributed by atoms with Gasteiger partial charge in [-0.1, -0.05) is 41.9 Å². The number of nitrogens with zero attached hydrogens (tertiary/aromatic N) is 2. The molecule has 0 fully saturated rings. The zero-order valence-electron chi connectivity index (χ0n) is 20.9. The van der Waals surface area contributed by atoms with Crippen LogP contribution in [0.5, 0.6) is 5.75 Å². The summed E-state index contributed by atoms with van der Waals surface area (Å²) in [5.74, 6) is -2.15. The molecule has 0 spiro atoms. The van der Waals surface area contributed by atoms with E-state index in [9.17, 15) is 19.1 Å². The first-order chi connectivity index (χ1) is 18.8. The number of benzene rings is 3. The van der Waals surface area contributed by atoms with Crippen molar-refractivity contribution in [2.45, 2.75) is 12.6 Å². The molecule has 39 heavy (non-hydrogen) atoms. The number of para-hydroxylation sites is 1. The molecule has 6 rings (SSSR count). The Bertz CT molecular complexity index is 1820. The van der Waals surface area contributed by atoms with Crippen molar-refractivity contribution in [1.82, 2.24) is 9.47 Å². The number of aromatic nitrogens is 1. The van der Waals surface area contributed by atoms with Crippen molar-refractivity contribution < 1.29 is 28.2 Å². The number of ketones is 1. The molecule has 1 N–H and O–H groups in total. The van der Waals surface area contributed by atoms with Gasteiger partial charge in [0.25, 0.3) is 5.91 Å². The molecular formula is C30H22ClFN2O5. The van der Waals surface area contributed by atoms with Gasteiger partial charge < -0.3 is 23.7 Å². The maximum atomic E-state index is 14.0. The SMILES string of the molecule is COc1cc(Cl)cc2cc(C(=O)C3=C(O)C(=O)N(Cc4ccc(F)cc4)C3c3cn(C)c4ccccc34)oc12. The number of hydrogen-bond acceptors (Lipinski definition) is 5. The van der Waals surface area contributed by atoms with Crippen molar-refractivity contribution >= 4 is 45.2 Å². The quantitative estimate of drug-likeness (QED) is 0.246. The molecule has 3 heterocycles. The van der Waals surface area contributed by atoms with Gasteiger partial charge in [-0.05, 0) is 35.9 Å². The fourth-order valence-corrected chi connectivity index (χ4v) is 5.45. The third kappa shape index (κ3) is 4.04. The number of amides is 1. The number of aryl methyl sites for hydroxylation is 1. The third-order valence-electron chi connectivity index (χ3n) is 7.03. The molecule has 7 nitrogen and oxygen atoms in total. The van der Waals surface area contributed by atoms with E-state index in [2.05, 4.69) is 0 Å². The smallest absolute Gasteiger partial charge is 0.290 e. The summed E-state index contributed by atoms with van der Waals surface area (Å²) >= 11 is 6.19. The van der Waals surface area contributed by atoms with Crippen molar-refractivity contribution in [3.63, 3.8) is 0 Å². The number of hydrogen-bond donors (Lipinski definition) is 1. The highest BCUT2D eigenvalue weighted by molar-refractivity contribution is 6.31. The fraction of sp³-hybridized carbons (Fsp3) is 0.133. The molecule has 0 radical (unpaired) electrons. The molecule has 3 aromatic carbocycles. The van der Waals surface area contributed by atoms with E-state index in [0.29, 0.717) is 32.9 Å². The van der Waals surface area contributed by atoms with Crippen LogP contribution < -0.4 is 4.74 Å². The zero-order chi connectivity index (χ0) is 27.4. The number of carbonyl (C=O) groups is 2. The molecule has 5 aromatic rings. The van der Waals surface area contributed by atoms with E-state index in [-0.39, 0.29) is 17.9 Å². The van der Waals surface area contributed by atoms with E-state index >= 15 is 0 Å². The van der Waals surface area contributed by atoms with Gasteiger partial charge in [-0.15, -0.1) is 0 Å². The molecule has 1 amide bonds. The van der Waals surface area contributed by atoms with Gasteiger partial charge in [-0.2, -0.15) is 0 Å². The predicted molar refractivity (Wildman–Crippen MR) is 144 cm³/mol. The predicted octanol–water partition coefficient (Wildman–Crippen LogP) is 6.50. The Morgan fingerprint density at radius 2 is 1.87 bits per heavy atom. The summed E-state index contributed by atoms with van der Waals surface area (Å²) in [5, 5.41) is 12.9. The van der Waals surface area contributed by atoms with Crippen LogP contribution in [0, 0.1) is 5.82 Å². The summed E-state index contributed by atoms with van der Waals surface area (Å²) in [4.78, 5) is 28.9. The Morgan fingerprint density at radius 1 is 1.13 bits per heavy atom. The summed E-state index contributed by atoms with van der Waals surface area (Å²) in [5.41, 5.74) is 2.40. The molecule has 0 bridgehead atoms. The average molecular weight is 545 g/mol. The number of Topliss-reactive ketones (excluding diaryl/α,β-unsaturated/α-hetero) is 1. The number of ether oxygens (including phenoxy) is 1. The van der Waals surface area contributed by atoms with Gasteiger partial charge in [0, 0.05) is 52.7 Å². The maximum Gasteiger partial charge on any atom is 0.290 e. The lowest BCUT2D eigenvalue weighted by Gasteiger charge is -2.26. The van der Waals surface area contributed by atoms with E-state index in [1.807, 2.05) is 42.1 Å². The van der Waals surface area contributed by atoms with Crippen molar-refractivity contribution in [2.75, 3.05) is 7.11 Å². The normalized spacial score (nSPS) is 15.6. The highest BCUT2D eigenvalue weighted by Gasteiger charge is 2.45. The lowest BCUT2D eigenvalue weighted by Crippen LogP contribution is -2.30. The highest BCUT2D eigenvalue weighted by atomic mass is 35.5. The Kier molecular flexibility index (Phi) is 5.92. The number of halogens is 2. The Balaban J connectivity index is 1.51. The molecule has 9 heteroatoms. The molecule has 0 aliphatic carbocycles. The molecule has 1 unspecified atom stereocenters. The number of aliphatic hydroxyl groups excluding tert-OH is 1. The van der Waals surface area contributed by atoms with Crippen LogP contribution in [0.15, 0.2) is 88.7 Å². The van der Waals surface area contributed by atoms with Crippen molar-refractivity contribution in [3.05, 3.63) is 112 Å². The first kappa shape index (κ1) is 24.8. The van der Waals surface area contributed by atoms with Crippen LogP contribution in [0.3, 0.4) is 0 Å². The van der Waals surface area contributed by atoms with Gasteiger partial charge in [-0.25, -0.2) is 4.39 Å². The number of fused-ring (bicyclic) bond motifs is 2. The second-order valence-corrected chi connectivity index (χ2v) is 9.84. The summed E-state index contributed by atoms with van der Waals surface area (Å²) in [6.45, 7) is 0.0391. The second kappa shape index (κ2) is 9.32. The van der Waals surface area contributed by atoms with Gasteiger partial charge in [0.15, 0.2) is 22.9 Å². The van der Waals surface area contributed by atoms with Gasteiger partial charge in [0.2, 0.25) is 5.78 Å². The maximum absolute atomic E-state index is 14.0. The van der Waals surface area contributed by atoms with Gasteiger partial charge in [0.05, 0.1) is 18.7 Å². The summed E-state index contributed by atoms with van der Waals surface area (Å²) in [7, 11) is 3.33. The van der Waals surface area contributed by atoms with Gasteiger partial charge in [-0.3, -0.25) is 9.59 Å². The van der Waals surface area contributed by atoms with Crippen LogP contribution in [0.4, 0.5) is 4.39 Å². The molecule has 1 aliphatic heterocycles. The molecule has 0 saturated carbocycles. The minimum Gasteiger partial charge on any atom is -0.503 e. The van der Waals surface area contributed by atoms with Crippen LogP contribution in [0.2, 0.25) is 5.02 Å². The number of carbonyl (C=O) groups excluding carboxylic acids is 2. The van der Waals surface area contributed by atoms with E-state index in [0.717, 1.165) is 10.9 Å². The van der Waals surface area contributed by atoms with Crippen LogP contribution in [0.25, 0.3) is 21.9 Å². The fourth-order valence-electron chi connectivity index (χ4n) is 5.23. The van der Waals surface area contributed by atoms with E-state index in [4.69, 9.17) is 20.8 Å².